The highest BCUT2D eigenvalue weighted by Gasteiger charge is 2.42. The molecule has 2 atom stereocenters. The van der Waals surface area contributed by atoms with Crippen LogP contribution in [0, 0.1) is 0 Å². The van der Waals surface area contributed by atoms with Gasteiger partial charge in [-0.3, -0.25) is 4.90 Å². The average Bonchev–Trinajstić information content (AvgIpc) is 2.69. The van der Waals surface area contributed by atoms with Crippen LogP contribution < -0.4 is 0 Å². The highest BCUT2D eigenvalue weighted by Crippen LogP contribution is 2.22. The van der Waals surface area contributed by atoms with Gasteiger partial charge in [0.15, 0.2) is 0 Å². The minimum Gasteiger partial charge on any atom is -0.444 e. The number of hydrogen-bond donors (Lipinski definition) is 1. The summed E-state index contributed by atoms with van der Waals surface area (Å²) in [6.45, 7) is 9.80. The lowest BCUT2D eigenvalue weighted by molar-refractivity contribution is -0.160. The monoisotopic (exact) mass is 299 g/mol. The van der Waals surface area contributed by atoms with E-state index in [4.69, 9.17) is 4.74 Å². The van der Waals surface area contributed by atoms with E-state index in [1.807, 2.05) is 0 Å². The molecule has 0 bridgehead atoms. The van der Waals surface area contributed by atoms with E-state index < -0.39 is 35.8 Å². The molecule has 1 saturated heterocycles. The minimum absolute atomic E-state index is 0.00153. The van der Waals surface area contributed by atoms with Gasteiger partial charge in [-0.25, -0.2) is 14.4 Å². The molecule has 1 rings (SSSR count). The van der Waals surface area contributed by atoms with Crippen LogP contribution in [0.15, 0.2) is 12.2 Å². The van der Waals surface area contributed by atoms with E-state index in [0.717, 1.165) is 4.90 Å². The Morgan fingerprint density at radius 1 is 1.29 bits per heavy atom. The topological polar surface area (TPSA) is 93.1 Å². The number of amides is 1. The van der Waals surface area contributed by atoms with Crippen LogP contribution in [-0.2, 0) is 19.1 Å². The quantitative estimate of drug-likeness (QED) is 0.464. The van der Waals surface area contributed by atoms with Gasteiger partial charge in [-0.1, -0.05) is 6.58 Å². The molecule has 0 radical (unpaired) electrons. The fourth-order valence-corrected chi connectivity index (χ4v) is 1.81. The van der Waals surface area contributed by atoms with Crippen LogP contribution >= 0.6 is 0 Å². The zero-order valence-corrected chi connectivity index (χ0v) is 12.7. The number of aliphatic hydroxyl groups excluding tert-OH is 1. The number of aliphatic hydroxyl groups is 1. The lowest BCUT2D eigenvalue weighted by Gasteiger charge is -2.27. The summed E-state index contributed by atoms with van der Waals surface area (Å²) in [6, 6.07) is -1.04. The molecule has 0 saturated carbocycles. The van der Waals surface area contributed by atoms with E-state index in [-0.39, 0.29) is 18.5 Å². The maximum Gasteiger partial charge on any atom is 0.411 e. The van der Waals surface area contributed by atoms with Crippen molar-refractivity contribution in [2.24, 2.45) is 0 Å². The molecule has 1 amide bonds. The van der Waals surface area contributed by atoms with Gasteiger partial charge in [0.1, 0.15) is 11.6 Å². The maximum atomic E-state index is 12.0. The predicted octanol–water partition coefficient (Wildman–Crippen LogP) is 1.00. The van der Waals surface area contributed by atoms with E-state index in [2.05, 4.69) is 11.3 Å². The Morgan fingerprint density at radius 2 is 1.86 bits per heavy atom. The molecule has 0 aromatic rings. The lowest BCUT2D eigenvalue weighted by Crippen LogP contribution is -2.44. The fraction of sp³-hybridized carbons (Fsp3) is 0.643. The normalized spacial score (nSPS) is 21.9. The summed E-state index contributed by atoms with van der Waals surface area (Å²) in [5.74, 6) is -1.75. The van der Waals surface area contributed by atoms with E-state index >= 15 is 0 Å². The molecule has 0 aromatic carbocycles. The number of nitrogens with zero attached hydrogens (tertiary/aromatic N) is 1. The van der Waals surface area contributed by atoms with Crippen molar-refractivity contribution in [3.63, 3.8) is 0 Å². The Labute approximate surface area is 123 Å². The van der Waals surface area contributed by atoms with Crippen LogP contribution in [0.25, 0.3) is 0 Å². The second-order valence-corrected chi connectivity index (χ2v) is 6.03. The Bertz CT molecular complexity index is 465. The molecule has 7 heteroatoms. The standard InChI is InChI=1S/C14H21NO6/c1-8(2)11(17)20-12(18)10-6-9(16)7-15(10)13(19)21-14(3,4)5/h9-10,16H,1,6-7H2,2-5H3/t9-,10-/m0/s1. The average molecular weight is 299 g/mol. The van der Waals surface area contributed by atoms with E-state index in [1.165, 1.54) is 6.92 Å². The zero-order valence-electron chi connectivity index (χ0n) is 12.7. The van der Waals surface area contributed by atoms with Gasteiger partial charge in [-0.15, -0.1) is 0 Å². The van der Waals surface area contributed by atoms with Crippen LogP contribution in [0.2, 0.25) is 0 Å². The number of carbonyl (C=O) groups excluding carboxylic acids is 3. The van der Waals surface area contributed by atoms with Gasteiger partial charge in [0.05, 0.1) is 12.6 Å². The smallest absolute Gasteiger partial charge is 0.411 e. The van der Waals surface area contributed by atoms with Crippen molar-refractivity contribution in [2.45, 2.75) is 51.9 Å². The van der Waals surface area contributed by atoms with Gasteiger partial charge in [0.2, 0.25) is 0 Å². The summed E-state index contributed by atoms with van der Waals surface area (Å²) >= 11 is 0. The van der Waals surface area contributed by atoms with Gasteiger partial charge >= 0.3 is 18.0 Å². The molecule has 1 fully saturated rings. The van der Waals surface area contributed by atoms with E-state index in [1.54, 1.807) is 20.8 Å². The molecule has 1 aliphatic rings. The summed E-state index contributed by atoms with van der Waals surface area (Å²) in [7, 11) is 0. The Morgan fingerprint density at radius 3 is 2.33 bits per heavy atom. The van der Waals surface area contributed by atoms with Gasteiger partial charge in [0.25, 0.3) is 0 Å². The summed E-state index contributed by atoms with van der Waals surface area (Å²) in [6.07, 6.45) is -1.60. The second kappa shape index (κ2) is 6.26. The molecule has 1 aliphatic heterocycles. The lowest BCUT2D eigenvalue weighted by atomic mass is 10.2. The van der Waals surface area contributed by atoms with Gasteiger partial charge in [-0.2, -0.15) is 0 Å². The largest absolute Gasteiger partial charge is 0.444 e. The Kier molecular flexibility index (Phi) is 5.11. The summed E-state index contributed by atoms with van der Waals surface area (Å²) in [5.41, 5.74) is -0.655. The molecular formula is C14H21NO6. The number of hydrogen-bond acceptors (Lipinski definition) is 6. The van der Waals surface area contributed by atoms with Crippen molar-refractivity contribution in [2.75, 3.05) is 6.54 Å². The highest BCUT2D eigenvalue weighted by molar-refractivity contribution is 5.97. The SMILES string of the molecule is C=C(C)C(=O)OC(=O)[C@@H]1C[C@H](O)CN1C(=O)OC(C)(C)C. The predicted molar refractivity (Wildman–Crippen MR) is 73.3 cm³/mol. The van der Waals surface area contributed by atoms with Gasteiger partial charge in [-0.05, 0) is 27.7 Å². The molecule has 1 heterocycles. The van der Waals surface area contributed by atoms with Crippen LogP contribution in [-0.4, -0.2) is 52.3 Å². The number of ether oxygens (including phenoxy) is 2. The van der Waals surface area contributed by atoms with Crippen molar-refractivity contribution in [3.05, 3.63) is 12.2 Å². The van der Waals surface area contributed by atoms with Crippen LogP contribution in [0.1, 0.15) is 34.1 Å². The van der Waals surface area contributed by atoms with Crippen molar-refractivity contribution < 1.29 is 29.0 Å². The molecule has 0 aromatic heterocycles. The molecule has 1 N–H and O–H groups in total. The third kappa shape index (κ3) is 4.86. The minimum atomic E-state index is -1.04. The maximum absolute atomic E-state index is 12.0. The van der Waals surface area contributed by atoms with E-state index in [0.29, 0.717) is 0 Å². The number of carbonyl (C=O) groups is 3. The van der Waals surface area contributed by atoms with Crippen molar-refractivity contribution in [3.8, 4) is 0 Å². The van der Waals surface area contributed by atoms with Crippen molar-refractivity contribution in [1.82, 2.24) is 4.90 Å². The van der Waals surface area contributed by atoms with Crippen LogP contribution in [0.4, 0.5) is 4.79 Å². The number of rotatable bonds is 2. The number of esters is 2. The molecule has 7 nitrogen and oxygen atoms in total. The molecule has 0 spiro atoms. The fourth-order valence-electron chi connectivity index (χ4n) is 1.81. The molecule has 118 valence electrons. The number of β-amino-alcohol motifs (C(OH)–C–C–N with tert-alkyl or cyclic N) is 1. The first-order valence-electron chi connectivity index (χ1n) is 6.60. The summed E-state index contributed by atoms with van der Waals surface area (Å²) in [5, 5.41) is 9.65. The third-order valence-corrected chi connectivity index (χ3v) is 2.72. The summed E-state index contributed by atoms with van der Waals surface area (Å²) in [4.78, 5) is 36.4. The molecular weight excluding hydrogens is 278 g/mol. The molecule has 21 heavy (non-hydrogen) atoms. The number of likely N-dealkylation sites (tertiary alicyclic amines) is 1. The van der Waals surface area contributed by atoms with Crippen molar-refractivity contribution in [1.29, 1.82) is 0 Å². The van der Waals surface area contributed by atoms with Crippen LogP contribution in [0.3, 0.4) is 0 Å². The molecule has 0 unspecified atom stereocenters. The van der Waals surface area contributed by atoms with Gasteiger partial charge in [0, 0.05) is 12.0 Å². The van der Waals surface area contributed by atoms with Crippen molar-refractivity contribution >= 4 is 18.0 Å². The first-order chi connectivity index (χ1) is 9.51. The molecule has 0 aliphatic carbocycles. The Balaban J connectivity index is 2.79. The van der Waals surface area contributed by atoms with Crippen LogP contribution in [0.5, 0.6) is 0 Å². The third-order valence-electron chi connectivity index (χ3n) is 2.72. The highest BCUT2D eigenvalue weighted by atomic mass is 16.6. The zero-order chi connectivity index (χ0) is 16.4. The first kappa shape index (κ1) is 17.2. The second-order valence-electron chi connectivity index (χ2n) is 6.03. The Hall–Kier alpha value is -1.89. The van der Waals surface area contributed by atoms with Gasteiger partial charge < -0.3 is 14.6 Å². The first-order valence-corrected chi connectivity index (χ1v) is 6.60. The summed E-state index contributed by atoms with van der Waals surface area (Å²) < 4.78 is 9.79. The van der Waals surface area contributed by atoms with E-state index in [9.17, 15) is 19.5 Å².